The molecule has 0 aliphatic carbocycles. The van der Waals surface area contributed by atoms with E-state index in [1.165, 1.54) is 0 Å². The van der Waals surface area contributed by atoms with Gasteiger partial charge in [-0.2, -0.15) is 0 Å². The third kappa shape index (κ3) is 4.02. The molecule has 2 rings (SSSR count). The second kappa shape index (κ2) is 6.22. The maximum absolute atomic E-state index is 6.00. The van der Waals surface area contributed by atoms with Gasteiger partial charge in [-0.1, -0.05) is 32.9 Å². The summed E-state index contributed by atoms with van der Waals surface area (Å²) in [5.41, 5.74) is 3.20. The van der Waals surface area contributed by atoms with Gasteiger partial charge in [0.2, 0.25) is 5.88 Å². The number of aromatic nitrogens is 2. The molecule has 0 bridgehead atoms. The van der Waals surface area contributed by atoms with Crippen LogP contribution in [-0.4, -0.2) is 17.0 Å². The summed E-state index contributed by atoms with van der Waals surface area (Å²) in [5, 5.41) is 3.06. The Bertz CT molecular complexity index is 618. The molecule has 0 amide bonds. The van der Waals surface area contributed by atoms with Gasteiger partial charge in [0.05, 0.1) is 11.9 Å². The second-order valence-corrected chi connectivity index (χ2v) is 6.23. The molecule has 1 aromatic carbocycles. The molecule has 0 aliphatic heterocycles. The van der Waals surface area contributed by atoms with Crippen LogP contribution >= 0.6 is 0 Å². The van der Waals surface area contributed by atoms with E-state index in [2.05, 4.69) is 55.1 Å². The standard InChI is InChI=1S/C17H23N3O/c1-12-6-7-14(17(2,3)4)15(8-12)21-16-11-19-10-13(20-16)9-18-5/h6-8,10-11,18H,9H2,1-5H3. The predicted molar refractivity (Wildman–Crippen MR) is 84.7 cm³/mol. The van der Waals surface area contributed by atoms with Crippen molar-refractivity contribution in [2.75, 3.05) is 7.05 Å². The molecule has 1 heterocycles. The molecule has 0 saturated carbocycles. The highest BCUT2D eigenvalue weighted by Gasteiger charge is 2.19. The molecule has 112 valence electrons. The predicted octanol–water partition coefficient (Wildman–Crippen LogP) is 3.59. The lowest BCUT2D eigenvalue weighted by atomic mass is 9.86. The van der Waals surface area contributed by atoms with Crippen molar-refractivity contribution in [1.82, 2.24) is 15.3 Å². The van der Waals surface area contributed by atoms with Crippen LogP contribution in [-0.2, 0) is 12.0 Å². The first-order valence-corrected chi connectivity index (χ1v) is 7.14. The molecule has 0 radical (unpaired) electrons. The highest BCUT2D eigenvalue weighted by atomic mass is 16.5. The molecule has 1 N–H and O–H groups in total. The normalized spacial score (nSPS) is 11.5. The number of nitrogens with one attached hydrogen (secondary N) is 1. The zero-order valence-electron chi connectivity index (χ0n) is 13.4. The average Bonchev–Trinajstić information content (AvgIpc) is 2.38. The topological polar surface area (TPSA) is 47.0 Å². The Kier molecular flexibility index (Phi) is 4.58. The molecule has 0 aliphatic rings. The number of nitrogens with zero attached hydrogens (tertiary/aromatic N) is 2. The van der Waals surface area contributed by atoms with E-state index in [4.69, 9.17) is 4.74 Å². The molecule has 4 heteroatoms. The van der Waals surface area contributed by atoms with Crippen LogP contribution in [0.3, 0.4) is 0 Å². The lowest BCUT2D eigenvalue weighted by Gasteiger charge is -2.22. The maximum atomic E-state index is 6.00. The Balaban J connectivity index is 2.34. The zero-order chi connectivity index (χ0) is 15.5. The summed E-state index contributed by atoms with van der Waals surface area (Å²) in [4.78, 5) is 8.65. The molecule has 2 aromatic rings. The van der Waals surface area contributed by atoms with E-state index in [9.17, 15) is 0 Å². The van der Waals surface area contributed by atoms with Crippen LogP contribution in [0, 0.1) is 6.92 Å². The SMILES string of the molecule is CNCc1cncc(Oc2cc(C)ccc2C(C)(C)C)n1. The van der Waals surface area contributed by atoms with E-state index in [1.54, 1.807) is 12.4 Å². The number of aryl methyl sites for hydroxylation is 1. The van der Waals surface area contributed by atoms with Crippen molar-refractivity contribution >= 4 is 0 Å². The number of hydrogen-bond donors (Lipinski definition) is 1. The first kappa shape index (κ1) is 15.4. The fourth-order valence-corrected chi connectivity index (χ4v) is 2.15. The Morgan fingerprint density at radius 1 is 1.19 bits per heavy atom. The Labute approximate surface area is 126 Å². The summed E-state index contributed by atoms with van der Waals surface area (Å²) in [6.45, 7) is 9.25. The number of hydrogen-bond acceptors (Lipinski definition) is 4. The Morgan fingerprint density at radius 3 is 2.62 bits per heavy atom. The molecule has 1 aromatic heterocycles. The van der Waals surface area contributed by atoms with Gasteiger partial charge in [-0.15, -0.1) is 0 Å². The largest absolute Gasteiger partial charge is 0.437 e. The third-order valence-electron chi connectivity index (χ3n) is 3.18. The van der Waals surface area contributed by atoms with Crippen LogP contribution in [0.2, 0.25) is 0 Å². The number of benzene rings is 1. The van der Waals surface area contributed by atoms with Crippen molar-refractivity contribution in [2.24, 2.45) is 0 Å². The monoisotopic (exact) mass is 285 g/mol. The first-order chi connectivity index (χ1) is 9.90. The van der Waals surface area contributed by atoms with E-state index >= 15 is 0 Å². The van der Waals surface area contributed by atoms with Gasteiger partial charge < -0.3 is 10.1 Å². The minimum absolute atomic E-state index is 0.0129. The van der Waals surface area contributed by atoms with Gasteiger partial charge >= 0.3 is 0 Å². The van der Waals surface area contributed by atoms with Crippen molar-refractivity contribution < 1.29 is 4.74 Å². The number of ether oxygens (including phenoxy) is 1. The summed E-state index contributed by atoms with van der Waals surface area (Å²) >= 11 is 0. The van der Waals surface area contributed by atoms with Crippen molar-refractivity contribution in [2.45, 2.75) is 39.7 Å². The van der Waals surface area contributed by atoms with Gasteiger partial charge in [-0.3, -0.25) is 4.98 Å². The average molecular weight is 285 g/mol. The van der Waals surface area contributed by atoms with Gasteiger partial charge in [0, 0.05) is 18.3 Å². The summed E-state index contributed by atoms with van der Waals surface area (Å²) < 4.78 is 6.00. The van der Waals surface area contributed by atoms with Crippen LogP contribution < -0.4 is 10.1 Å². The first-order valence-electron chi connectivity index (χ1n) is 7.14. The highest BCUT2D eigenvalue weighted by molar-refractivity contribution is 5.43. The van der Waals surface area contributed by atoms with Gasteiger partial charge in [-0.25, -0.2) is 4.98 Å². The molecule has 21 heavy (non-hydrogen) atoms. The highest BCUT2D eigenvalue weighted by Crippen LogP contribution is 2.34. The summed E-state index contributed by atoms with van der Waals surface area (Å²) in [6, 6.07) is 6.28. The third-order valence-corrected chi connectivity index (χ3v) is 3.18. The van der Waals surface area contributed by atoms with E-state index in [0.717, 1.165) is 22.6 Å². The fourth-order valence-electron chi connectivity index (χ4n) is 2.15. The van der Waals surface area contributed by atoms with Crippen LogP contribution in [0.5, 0.6) is 11.6 Å². The van der Waals surface area contributed by atoms with Gasteiger partial charge in [0.15, 0.2) is 0 Å². The van der Waals surface area contributed by atoms with Crippen LogP contribution in [0.1, 0.15) is 37.6 Å². The lowest BCUT2D eigenvalue weighted by molar-refractivity contribution is 0.435. The van der Waals surface area contributed by atoms with Gasteiger partial charge in [0.25, 0.3) is 0 Å². The molecule has 0 atom stereocenters. The fraction of sp³-hybridized carbons (Fsp3) is 0.412. The minimum atomic E-state index is 0.0129. The van der Waals surface area contributed by atoms with Gasteiger partial charge in [-0.05, 0) is 31.0 Å². The number of rotatable bonds is 4. The van der Waals surface area contributed by atoms with E-state index in [0.29, 0.717) is 12.4 Å². The van der Waals surface area contributed by atoms with Crippen molar-refractivity contribution in [3.05, 3.63) is 47.4 Å². The maximum Gasteiger partial charge on any atom is 0.238 e. The Morgan fingerprint density at radius 2 is 1.95 bits per heavy atom. The van der Waals surface area contributed by atoms with Crippen molar-refractivity contribution in [1.29, 1.82) is 0 Å². The Hall–Kier alpha value is -1.94. The molecule has 0 fully saturated rings. The van der Waals surface area contributed by atoms with Gasteiger partial charge in [0.1, 0.15) is 5.75 Å². The molecule has 0 saturated heterocycles. The smallest absolute Gasteiger partial charge is 0.238 e. The molecule has 4 nitrogen and oxygen atoms in total. The quantitative estimate of drug-likeness (QED) is 0.932. The van der Waals surface area contributed by atoms with Crippen molar-refractivity contribution in [3.8, 4) is 11.6 Å². The molecular weight excluding hydrogens is 262 g/mol. The van der Waals surface area contributed by atoms with Crippen LogP contribution in [0.25, 0.3) is 0 Å². The summed E-state index contributed by atoms with van der Waals surface area (Å²) in [6.07, 6.45) is 3.39. The molecule has 0 unspecified atom stereocenters. The van der Waals surface area contributed by atoms with Crippen molar-refractivity contribution in [3.63, 3.8) is 0 Å². The lowest BCUT2D eigenvalue weighted by Crippen LogP contribution is -2.13. The summed E-state index contributed by atoms with van der Waals surface area (Å²) in [5.74, 6) is 1.37. The van der Waals surface area contributed by atoms with E-state index in [-0.39, 0.29) is 5.41 Å². The molecule has 0 spiro atoms. The van der Waals surface area contributed by atoms with Crippen LogP contribution in [0.4, 0.5) is 0 Å². The van der Waals surface area contributed by atoms with E-state index in [1.807, 2.05) is 13.1 Å². The van der Waals surface area contributed by atoms with E-state index < -0.39 is 0 Å². The minimum Gasteiger partial charge on any atom is -0.437 e. The van der Waals surface area contributed by atoms with Crippen LogP contribution in [0.15, 0.2) is 30.6 Å². The molecular formula is C17H23N3O. The zero-order valence-corrected chi connectivity index (χ0v) is 13.4. The summed E-state index contributed by atoms with van der Waals surface area (Å²) in [7, 11) is 1.88. The second-order valence-electron chi connectivity index (χ2n) is 6.23.